The minimum absolute atomic E-state index is 0. The van der Waals surface area contributed by atoms with Gasteiger partial charge in [-0.2, -0.15) is 0 Å². The number of carbonyl (C=O) groups excluding carboxylic acids is 1. The molecule has 0 aliphatic rings. The van der Waals surface area contributed by atoms with Crippen LogP contribution in [0.4, 0.5) is 0 Å². The van der Waals surface area contributed by atoms with Crippen LogP contribution in [0.25, 0.3) is 0 Å². The summed E-state index contributed by atoms with van der Waals surface area (Å²) in [5.74, 6) is -1.51. The van der Waals surface area contributed by atoms with Crippen molar-refractivity contribution in [2.24, 2.45) is 0 Å². The number of nitrogens with zero attached hydrogens (tertiary/aromatic N) is 1. The first kappa shape index (κ1) is 13.5. The van der Waals surface area contributed by atoms with Gasteiger partial charge < -0.3 is 9.90 Å². The van der Waals surface area contributed by atoms with Crippen LogP contribution in [-0.2, 0) is 4.79 Å². The molecule has 0 amide bonds. The van der Waals surface area contributed by atoms with Gasteiger partial charge in [0.05, 0.1) is 5.97 Å². The summed E-state index contributed by atoms with van der Waals surface area (Å²) in [5, 5.41) is 26.7. The summed E-state index contributed by atoms with van der Waals surface area (Å²) < 4.78 is 0. The Morgan fingerprint density at radius 1 is 1.64 bits per heavy atom. The molecule has 6 heteroatoms. The van der Waals surface area contributed by atoms with Crippen LogP contribution in [0.3, 0.4) is 0 Å². The predicted octanol–water partition coefficient (Wildman–Crippen LogP) is -4.01. The molecule has 0 saturated carbocycles. The van der Waals surface area contributed by atoms with E-state index in [2.05, 4.69) is 0 Å². The number of aliphatic carboxylic acids is 1. The van der Waals surface area contributed by atoms with E-state index >= 15 is 0 Å². The average Bonchev–Trinajstić information content (AvgIpc) is 1.85. The molecular formula is C5H10LiNO4. The fourth-order valence-electron chi connectivity index (χ4n) is 0.367. The summed E-state index contributed by atoms with van der Waals surface area (Å²) in [6, 6.07) is 0. The molecule has 2 N–H and O–H groups in total. The number of carbonyl (C=O) groups is 1. The van der Waals surface area contributed by atoms with Gasteiger partial charge in [0.1, 0.15) is 5.54 Å². The van der Waals surface area contributed by atoms with Crippen LogP contribution >= 0.6 is 0 Å². The SMILES string of the molecule is CCC(C)(C(=O)[O-])N(O)O.[Li+]. The fraction of sp³-hybridized carbons (Fsp3) is 0.800. The zero-order valence-corrected chi connectivity index (χ0v) is 6.87. The number of hydroxylamine groups is 2. The van der Waals surface area contributed by atoms with Crippen molar-refractivity contribution in [2.75, 3.05) is 0 Å². The molecule has 0 aromatic rings. The summed E-state index contributed by atoms with van der Waals surface area (Å²) >= 11 is 0. The standard InChI is InChI=1S/C5H11NO4.Li/c1-3-5(2,4(7)8)6(9)10;/h9-10H,3H2,1-2H3,(H,7,8);/q;+1/p-1. The Balaban J connectivity index is 0. The zero-order valence-electron chi connectivity index (χ0n) is 6.87. The molecular weight excluding hydrogens is 145 g/mol. The second-order valence-electron chi connectivity index (χ2n) is 2.20. The monoisotopic (exact) mass is 155 g/mol. The van der Waals surface area contributed by atoms with Crippen LogP contribution in [0, 0.1) is 0 Å². The quantitative estimate of drug-likeness (QED) is 0.320. The first-order chi connectivity index (χ1) is 4.45. The van der Waals surface area contributed by atoms with Crippen molar-refractivity contribution in [3.8, 4) is 0 Å². The van der Waals surface area contributed by atoms with Gasteiger partial charge in [-0.3, -0.25) is 10.4 Å². The van der Waals surface area contributed by atoms with Gasteiger partial charge >= 0.3 is 18.9 Å². The van der Waals surface area contributed by atoms with Gasteiger partial charge in [0, 0.05) is 0 Å². The molecule has 1 unspecified atom stereocenters. The van der Waals surface area contributed by atoms with Gasteiger partial charge in [0.25, 0.3) is 0 Å². The van der Waals surface area contributed by atoms with Gasteiger partial charge in [-0.05, 0) is 13.3 Å². The molecule has 0 radical (unpaired) electrons. The van der Waals surface area contributed by atoms with E-state index < -0.39 is 11.5 Å². The minimum Gasteiger partial charge on any atom is -0.548 e. The molecule has 0 aromatic carbocycles. The Kier molecular flexibility index (Phi) is 5.84. The molecule has 0 aromatic heterocycles. The van der Waals surface area contributed by atoms with E-state index in [9.17, 15) is 9.90 Å². The van der Waals surface area contributed by atoms with Crippen molar-refractivity contribution < 1.29 is 39.2 Å². The van der Waals surface area contributed by atoms with Crippen LogP contribution in [0.5, 0.6) is 0 Å². The van der Waals surface area contributed by atoms with E-state index in [4.69, 9.17) is 10.4 Å². The van der Waals surface area contributed by atoms with Gasteiger partial charge in [-0.1, -0.05) is 12.2 Å². The number of carboxylic acids is 1. The zero-order chi connectivity index (χ0) is 8.36. The maximum Gasteiger partial charge on any atom is 1.00 e. The summed E-state index contributed by atoms with van der Waals surface area (Å²) in [4.78, 5) is 10.2. The largest absolute Gasteiger partial charge is 1.00 e. The second-order valence-corrected chi connectivity index (χ2v) is 2.20. The normalized spacial score (nSPS) is 15.4. The number of hydrogen-bond donors (Lipinski definition) is 2. The van der Waals surface area contributed by atoms with Gasteiger partial charge in [0.2, 0.25) is 0 Å². The van der Waals surface area contributed by atoms with Crippen LogP contribution in [0.1, 0.15) is 20.3 Å². The Morgan fingerprint density at radius 2 is 2.00 bits per heavy atom. The Morgan fingerprint density at radius 3 is 2.00 bits per heavy atom. The number of rotatable bonds is 3. The fourth-order valence-corrected chi connectivity index (χ4v) is 0.367. The smallest absolute Gasteiger partial charge is 0.548 e. The molecule has 0 aliphatic carbocycles. The Hall–Kier alpha value is -0.0526. The van der Waals surface area contributed by atoms with Crippen molar-refractivity contribution >= 4 is 5.97 Å². The minimum atomic E-state index is -1.71. The number of carboxylic acid groups (broad SMARTS) is 1. The van der Waals surface area contributed by atoms with Crippen molar-refractivity contribution in [1.82, 2.24) is 5.23 Å². The molecule has 60 valence electrons. The first-order valence-corrected chi connectivity index (χ1v) is 2.84. The van der Waals surface area contributed by atoms with E-state index in [1.807, 2.05) is 0 Å². The topological polar surface area (TPSA) is 83.8 Å². The molecule has 0 aliphatic heterocycles. The summed E-state index contributed by atoms with van der Waals surface area (Å²) in [6.07, 6.45) is 0.0579. The van der Waals surface area contributed by atoms with E-state index in [1.165, 1.54) is 6.92 Å². The third-order valence-corrected chi connectivity index (χ3v) is 1.57. The summed E-state index contributed by atoms with van der Waals surface area (Å²) in [7, 11) is 0. The first-order valence-electron chi connectivity index (χ1n) is 2.84. The van der Waals surface area contributed by atoms with Gasteiger partial charge in [-0.15, -0.1) is 0 Å². The maximum absolute atomic E-state index is 10.2. The molecule has 0 saturated heterocycles. The van der Waals surface area contributed by atoms with Crippen molar-refractivity contribution in [3.05, 3.63) is 0 Å². The molecule has 1 atom stereocenters. The molecule has 0 rings (SSSR count). The van der Waals surface area contributed by atoms with Crippen molar-refractivity contribution in [1.29, 1.82) is 0 Å². The van der Waals surface area contributed by atoms with Crippen LogP contribution in [0.2, 0.25) is 0 Å². The van der Waals surface area contributed by atoms with Crippen molar-refractivity contribution in [3.63, 3.8) is 0 Å². The predicted molar refractivity (Wildman–Crippen MR) is 29.1 cm³/mol. The van der Waals surface area contributed by atoms with E-state index in [1.54, 1.807) is 0 Å². The molecule has 0 heterocycles. The van der Waals surface area contributed by atoms with Crippen LogP contribution in [0.15, 0.2) is 0 Å². The van der Waals surface area contributed by atoms with E-state index in [0.29, 0.717) is 0 Å². The van der Waals surface area contributed by atoms with Gasteiger partial charge in [-0.25, -0.2) is 0 Å². The molecule has 11 heavy (non-hydrogen) atoms. The third kappa shape index (κ3) is 2.81. The molecule has 0 bridgehead atoms. The van der Waals surface area contributed by atoms with Crippen LogP contribution in [-0.4, -0.2) is 27.1 Å². The van der Waals surface area contributed by atoms with Crippen molar-refractivity contribution in [2.45, 2.75) is 25.8 Å². The maximum atomic E-state index is 10.2. The third-order valence-electron chi connectivity index (χ3n) is 1.57. The summed E-state index contributed by atoms with van der Waals surface area (Å²) in [5.41, 5.74) is -1.71. The second kappa shape index (κ2) is 4.75. The van der Waals surface area contributed by atoms with E-state index in [-0.39, 0.29) is 30.5 Å². The van der Waals surface area contributed by atoms with Crippen LogP contribution < -0.4 is 24.0 Å². The Labute approximate surface area is 76.7 Å². The van der Waals surface area contributed by atoms with E-state index in [0.717, 1.165) is 6.92 Å². The Bertz CT molecular complexity index is 140. The molecule has 5 nitrogen and oxygen atoms in total. The molecule has 0 fully saturated rings. The molecule has 0 spiro atoms. The number of hydrogen-bond acceptors (Lipinski definition) is 5. The van der Waals surface area contributed by atoms with Gasteiger partial charge in [0.15, 0.2) is 0 Å². The average molecular weight is 155 g/mol. The summed E-state index contributed by atoms with van der Waals surface area (Å²) in [6.45, 7) is 2.66.